The number of hydrogen-bond donors (Lipinski definition) is 1. The number of likely N-dealkylation sites (N-methyl/N-ethyl adjacent to an activating group) is 1. The van der Waals surface area contributed by atoms with Crippen LogP contribution in [-0.4, -0.2) is 75.4 Å². The van der Waals surface area contributed by atoms with Gasteiger partial charge in [-0.1, -0.05) is 0 Å². The van der Waals surface area contributed by atoms with Crippen molar-refractivity contribution in [2.45, 2.75) is 6.42 Å². The van der Waals surface area contributed by atoms with E-state index < -0.39 is 0 Å². The molecule has 0 aliphatic carbocycles. The minimum atomic E-state index is 0.815. The summed E-state index contributed by atoms with van der Waals surface area (Å²) in [5.41, 5.74) is 6.71. The first-order valence-corrected chi connectivity index (χ1v) is 7.46. The van der Waals surface area contributed by atoms with Gasteiger partial charge in [0.2, 0.25) is 0 Å². The molecule has 0 atom stereocenters. The monoisotopic (exact) mass is 334 g/mol. The van der Waals surface area contributed by atoms with Crippen molar-refractivity contribution in [1.82, 2.24) is 14.9 Å². The molecule has 2 heterocycles. The summed E-state index contributed by atoms with van der Waals surface area (Å²) in [6.07, 6.45) is 2.96. The van der Waals surface area contributed by atoms with Gasteiger partial charge in [0.1, 0.15) is 0 Å². The molecule has 0 spiro atoms. The van der Waals surface area contributed by atoms with E-state index in [4.69, 9.17) is 5.73 Å². The fourth-order valence-corrected chi connectivity index (χ4v) is 2.37. The summed E-state index contributed by atoms with van der Waals surface area (Å²) in [5, 5.41) is 0. The molecule has 6 heteroatoms. The minimum absolute atomic E-state index is 0.815. The standard InChI is InChI=1S/C11H17N5.In/c1-15-5-2-6-16(8-7-15)11-13-4-3-10(9-12)14-11;/h3-4H,2,5-8,12H2,1H3;. The molecule has 1 aliphatic heterocycles. The van der Waals surface area contributed by atoms with E-state index in [0.29, 0.717) is 0 Å². The van der Waals surface area contributed by atoms with Crippen molar-refractivity contribution in [3.63, 3.8) is 0 Å². The van der Waals surface area contributed by atoms with Crippen molar-refractivity contribution >= 4 is 33.2 Å². The molecule has 89 valence electrons. The fraction of sp³-hybridized carbons (Fsp3) is 0.545. The molecule has 1 saturated heterocycles. The quantitative estimate of drug-likeness (QED) is 0.769. The van der Waals surface area contributed by atoms with Gasteiger partial charge in [-0.15, -0.1) is 0 Å². The van der Waals surface area contributed by atoms with Crippen LogP contribution in [0.4, 0.5) is 5.95 Å². The Morgan fingerprint density at radius 1 is 1.35 bits per heavy atom. The van der Waals surface area contributed by atoms with Crippen LogP contribution in [0.25, 0.3) is 0 Å². The van der Waals surface area contributed by atoms with Gasteiger partial charge < -0.3 is 0 Å². The van der Waals surface area contributed by atoms with Gasteiger partial charge in [-0.05, 0) is 0 Å². The summed E-state index contributed by atoms with van der Waals surface area (Å²) in [7, 11) is 2.16. The van der Waals surface area contributed by atoms with Gasteiger partial charge in [-0.2, -0.15) is 0 Å². The summed E-state index contributed by atoms with van der Waals surface area (Å²) in [6, 6.07) is 1.88. The summed E-state index contributed by atoms with van der Waals surface area (Å²) in [6.45, 7) is 4.21. The van der Waals surface area contributed by atoms with Crippen molar-refractivity contribution in [3.8, 4) is 0 Å². The molecule has 2 N–H and O–H groups in total. The Kier molecular flexibility index (Phi) is 4.39. The fourth-order valence-electron chi connectivity index (χ4n) is 1.91. The Morgan fingerprint density at radius 3 is 2.94 bits per heavy atom. The van der Waals surface area contributed by atoms with E-state index in [2.05, 4.69) is 26.8 Å². The molecule has 1 aliphatic rings. The summed E-state index contributed by atoms with van der Waals surface area (Å²) >= 11 is 0.907. The van der Waals surface area contributed by atoms with Gasteiger partial charge >= 0.3 is 116 Å². The predicted octanol–water partition coefficient (Wildman–Crippen LogP) is -0.776. The molecule has 17 heavy (non-hydrogen) atoms. The van der Waals surface area contributed by atoms with Crippen LogP contribution >= 0.6 is 0 Å². The van der Waals surface area contributed by atoms with Crippen LogP contribution in [0.15, 0.2) is 12.3 Å². The number of nitrogens with two attached hydrogens (primary N) is 1. The van der Waals surface area contributed by atoms with E-state index >= 15 is 0 Å². The third kappa shape index (κ3) is 3.42. The molecule has 0 saturated carbocycles. The Morgan fingerprint density at radius 2 is 2.18 bits per heavy atom. The van der Waals surface area contributed by atoms with Crippen molar-refractivity contribution in [1.29, 1.82) is 0 Å². The average molecular weight is 334 g/mol. The van der Waals surface area contributed by atoms with Crippen LogP contribution in [0.1, 0.15) is 12.1 Å². The number of aromatic nitrogens is 2. The Hall–Kier alpha value is -0.620. The average Bonchev–Trinajstić information content (AvgIpc) is 2.54. The number of rotatable bonds is 2. The molecular weight excluding hydrogens is 317 g/mol. The number of nitrogens with zero attached hydrogens (tertiary/aromatic N) is 4. The number of hydrogen-bond acceptors (Lipinski definition) is 5. The molecule has 0 unspecified atom stereocenters. The molecule has 1 fully saturated rings. The van der Waals surface area contributed by atoms with Gasteiger partial charge in [0.05, 0.1) is 0 Å². The Labute approximate surface area is 116 Å². The van der Waals surface area contributed by atoms with Gasteiger partial charge in [0, 0.05) is 0 Å². The van der Waals surface area contributed by atoms with E-state index in [1.54, 1.807) is 6.20 Å². The zero-order valence-corrected chi connectivity index (χ0v) is 13.4. The van der Waals surface area contributed by atoms with Crippen LogP contribution in [0.5, 0.6) is 0 Å². The molecule has 1 aromatic heterocycles. The zero-order valence-electron chi connectivity index (χ0n) is 10.1. The van der Waals surface area contributed by atoms with Crippen molar-refractivity contribution < 1.29 is 0 Å². The van der Waals surface area contributed by atoms with Gasteiger partial charge in [-0.3, -0.25) is 0 Å². The molecule has 1 radical (unpaired) electrons. The Bertz CT molecular complexity index is 409. The SMILES string of the molecule is CN1CCCN(c2nccc([C](N)=[In])n2)CC1. The predicted molar refractivity (Wildman–Crippen MR) is 70.4 cm³/mol. The van der Waals surface area contributed by atoms with E-state index in [9.17, 15) is 0 Å². The number of anilines is 1. The van der Waals surface area contributed by atoms with Crippen molar-refractivity contribution in [3.05, 3.63) is 18.0 Å². The second-order valence-corrected chi connectivity index (χ2v) is 6.12. The molecule has 0 aromatic carbocycles. The van der Waals surface area contributed by atoms with E-state index in [-0.39, 0.29) is 0 Å². The third-order valence-corrected chi connectivity index (χ3v) is 3.79. The first-order chi connectivity index (χ1) is 8.16. The van der Waals surface area contributed by atoms with E-state index in [0.717, 1.165) is 71.5 Å². The van der Waals surface area contributed by atoms with Gasteiger partial charge in [0.15, 0.2) is 0 Å². The first kappa shape index (κ1) is 12.8. The van der Waals surface area contributed by atoms with Crippen LogP contribution in [0, 0.1) is 0 Å². The molecule has 0 amide bonds. The third-order valence-electron chi connectivity index (χ3n) is 2.94. The van der Waals surface area contributed by atoms with Gasteiger partial charge in [0.25, 0.3) is 0 Å². The van der Waals surface area contributed by atoms with Crippen LogP contribution in [-0.2, 0) is 0 Å². The Balaban J connectivity index is 2.15. The topological polar surface area (TPSA) is 58.3 Å². The second-order valence-electron chi connectivity index (χ2n) is 4.34. The molecular formula is C11H17InN5. The molecule has 5 nitrogen and oxygen atoms in total. The molecule has 0 bridgehead atoms. The van der Waals surface area contributed by atoms with Crippen molar-refractivity contribution in [2.24, 2.45) is 5.73 Å². The van der Waals surface area contributed by atoms with E-state index in [1.807, 2.05) is 6.07 Å². The molecule has 2 rings (SSSR count). The molecule has 1 aromatic rings. The second kappa shape index (κ2) is 5.82. The zero-order chi connectivity index (χ0) is 12.3. The summed E-state index contributed by atoms with van der Waals surface area (Å²) < 4.78 is 0.867. The van der Waals surface area contributed by atoms with Crippen LogP contribution in [0.2, 0.25) is 0 Å². The van der Waals surface area contributed by atoms with Crippen LogP contribution in [0.3, 0.4) is 0 Å². The van der Waals surface area contributed by atoms with Crippen molar-refractivity contribution in [2.75, 3.05) is 38.1 Å². The maximum atomic E-state index is 5.82. The van der Waals surface area contributed by atoms with Crippen LogP contribution < -0.4 is 10.6 Å². The normalized spacial score (nSPS) is 17.8. The van der Waals surface area contributed by atoms with Gasteiger partial charge in [-0.25, -0.2) is 0 Å². The summed E-state index contributed by atoms with van der Waals surface area (Å²) in [4.78, 5) is 13.5. The van der Waals surface area contributed by atoms with E-state index in [1.165, 1.54) is 0 Å². The first-order valence-electron chi connectivity index (χ1n) is 5.81. The maximum absolute atomic E-state index is 5.82. The summed E-state index contributed by atoms with van der Waals surface area (Å²) in [5.74, 6) is 0.815.